The number of amides is 1. The Morgan fingerprint density at radius 2 is 1.69 bits per heavy atom. The van der Waals surface area contributed by atoms with E-state index < -0.39 is 21.9 Å². The highest BCUT2D eigenvalue weighted by atomic mass is 79.9. The van der Waals surface area contributed by atoms with Crippen LogP contribution >= 0.6 is 39.3 Å². The number of hydrogen-bond donors (Lipinski definition) is 2. The molecule has 2 N–H and O–H groups in total. The van der Waals surface area contributed by atoms with Crippen LogP contribution in [0.1, 0.15) is 30.9 Å². The van der Waals surface area contributed by atoms with E-state index in [0.717, 1.165) is 11.1 Å². The number of alkyl halides is 2. The number of nitrogens with zero attached hydrogens (tertiary/aromatic N) is 1. The fourth-order valence-electron chi connectivity index (χ4n) is 5.32. The summed E-state index contributed by atoms with van der Waals surface area (Å²) in [6.07, 6.45) is 0. The summed E-state index contributed by atoms with van der Waals surface area (Å²) in [6.45, 7) is 3.69. The van der Waals surface area contributed by atoms with Crippen LogP contribution in [0, 0.1) is 0 Å². The van der Waals surface area contributed by atoms with E-state index in [2.05, 4.69) is 21.2 Å². The van der Waals surface area contributed by atoms with Gasteiger partial charge in [-0.15, -0.1) is 11.8 Å². The first-order valence-corrected chi connectivity index (χ1v) is 12.6. The van der Waals surface area contributed by atoms with E-state index in [0.29, 0.717) is 5.57 Å². The van der Waals surface area contributed by atoms with E-state index in [-0.39, 0.29) is 27.6 Å². The second-order valence-corrected chi connectivity index (χ2v) is 11.7. The monoisotopic (exact) mass is 532 g/mol. The minimum absolute atomic E-state index is 0.0546. The molecule has 5 rings (SSSR count). The highest BCUT2D eigenvalue weighted by Crippen LogP contribution is 2.62. The van der Waals surface area contributed by atoms with Gasteiger partial charge in [0, 0.05) is 10.7 Å². The molecule has 3 heterocycles. The molecule has 2 bridgehead atoms. The number of carbonyl (C=O) groups is 2. The van der Waals surface area contributed by atoms with Crippen molar-refractivity contribution >= 4 is 51.2 Å². The summed E-state index contributed by atoms with van der Waals surface area (Å²) >= 11 is 12.5. The highest BCUT2D eigenvalue weighted by molar-refractivity contribution is 9.09. The Labute approximate surface area is 204 Å². The number of β-lactam (4-membered cyclic amide) rings is 1. The topological polar surface area (TPSA) is 69.6 Å². The summed E-state index contributed by atoms with van der Waals surface area (Å²) in [7, 11) is 0. The van der Waals surface area contributed by atoms with Crippen LogP contribution in [0.15, 0.2) is 71.9 Å². The van der Waals surface area contributed by atoms with Crippen LogP contribution in [-0.4, -0.2) is 47.9 Å². The highest BCUT2D eigenvalue weighted by Gasteiger charge is 2.75. The van der Waals surface area contributed by atoms with Crippen molar-refractivity contribution in [3.8, 4) is 0 Å². The lowest BCUT2D eigenvalue weighted by molar-refractivity contribution is -0.161. The normalized spacial score (nSPS) is 32.0. The second-order valence-electron chi connectivity index (χ2n) is 8.51. The Balaban J connectivity index is 1.77. The number of benzene rings is 2. The fraction of sp³-hybridized carbons (Fsp3) is 0.333. The summed E-state index contributed by atoms with van der Waals surface area (Å²) in [4.78, 5) is 26.4. The van der Waals surface area contributed by atoms with Crippen LogP contribution in [0.2, 0.25) is 0 Å². The van der Waals surface area contributed by atoms with Gasteiger partial charge < -0.3 is 5.11 Å². The number of nitrogens with one attached hydrogen (secondary N) is 1. The number of carboxylic acid groups (broad SMARTS) is 1. The quantitative estimate of drug-likeness (QED) is 0.336. The number of aliphatic carboxylic acids is 1. The van der Waals surface area contributed by atoms with Crippen molar-refractivity contribution in [1.82, 2.24) is 10.2 Å². The molecule has 0 saturated carbocycles. The number of hydrogen-bond acceptors (Lipinski definition) is 4. The van der Waals surface area contributed by atoms with E-state index in [4.69, 9.17) is 11.6 Å². The van der Waals surface area contributed by atoms with Gasteiger partial charge >= 0.3 is 5.97 Å². The molecule has 8 heteroatoms. The minimum atomic E-state index is -1.10. The average molecular weight is 534 g/mol. The molecule has 0 aromatic heterocycles. The zero-order valence-corrected chi connectivity index (χ0v) is 20.6. The second kappa shape index (κ2) is 7.62. The van der Waals surface area contributed by atoms with Crippen molar-refractivity contribution < 1.29 is 14.7 Å². The molecule has 2 saturated heterocycles. The van der Waals surface area contributed by atoms with Crippen LogP contribution in [0.5, 0.6) is 0 Å². The summed E-state index contributed by atoms with van der Waals surface area (Å²) in [5, 5.41) is 12.9. The molecule has 3 aliphatic heterocycles. The Kier molecular flexibility index (Phi) is 5.24. The number of carbonyl (C=O) groups excluding carboxylic acids is 1. The molecule has 3 aliphatic rings. The van der Waals surface area contributed by atoms with Crippen molar-refractivity contribution in [2.24, 2.45) is 0 Å². The molecular weight excluding hydrogens is 512 g/mol. The SMILES string of the molecule is CC1=C(C(=O)O)N2C(=O)[C@]3(C(c4ccccc4)c4ccccc4)NC(Cl)(C(C)Br)C1S[C@H]23. The lowest BCUT2D eigenvalue weighted by Gasteiger charge is -2.68. The van der Waals surface area contributed by atoms with Crippen molar-refractivity contribution in [1.29, 1.82) is 0 Å². The zero-order chi connectivity index (χ0) is 22.8. The van der Waals surface area contributed by atoms with Gasteiger partial charge in [0.15, 0.2) is 0 Å². The van der Waals surface area contributed by atoms with Crippen LogP contribution in [0.25, 0.3) is 0 Å². The Bertz CT molecular complexity index is 1090. The fourth-order valence-corrected chi connectivity index (χ4v) is 8.22. The third kappa shape index (κ3) is 2.81. The average Bonchev–Trinajstić information content (AvgIpc) is 2.78. The first-order chi connectivity index (χ1) is 15.2. The van der Waals surface area contributed by atoms with Gasteiger partial charge in [0.25, 0.3) is 5.91 Å². The van der Waals surface area contributed by atoms with Crippen LogP contribution < -0.4 is 5.32 Å². The lowest BCUT2D eigenvalue weighted by Crippen LogP contribution is -2.88. The molecule has 5 atom stereocenters. The first-order valence-electron chi connectivity index (χ1n) is 10.4. The molecule has 0 radical (unpaired) electrons. The molecule has 0 spiro atoms. The van der Waals surface area contributed by atoms with E-state index in [9.17, 15) is 14.7 Å². The summed E-state index contributed by atoms with van der Waals surface area (Å²) < 4.78 is 0. The van der Waals surface area contributed by atoms with Gasteiger partial charge in [-0.3, -0.25) is 15.0 Å². The maximum atomic E-state index is 14.0. The van der Waals surface area contributed by atoms with E-state index in [1.54, 1.807) is 18.7 Å². The van der Waals surface area contributed by atoms with Gasteiger partial charge in [-0.25, -0.2) is 4.79 Å². The number of fused-ring (bicyclic) bond motifs is 1. The molecule has 2 fully saturated rings. The Morgan fingerprint density at radius 3 is 2.16 bits per heavy atom. The van der Waals surface area contributed by atoms with Gasteiger partial charge in [-0.05, 0) is 30.5 Å². The molecule has 2 aromatic rings. The molecule has 0 aliphatic carbocycles. The van der Waals surface area contributed by atoms with Gasteiger partial charge in [0.1, 0.15) is 21.6 Å². The molecular formula is C24H22BrClN2O3S. The molecule has 1 amide bonds. The number of halogens is 2. The van der Waals surface area contributed by atoms with Gasteiger partial charge in [0.2, 0.25) is 0 Å². The van der Waals surface area contributed by atoms with Gasteiger partial charge in [-0.2, -0.15) is 0 Å². The summed E-state index contributed by atoms with van der Waals surface area (Å²) in [5.41, 5.74) is 1.52. The molecule has 32 heavy (non-hydrogen) atoms. The number of thioether (sulfide) groups is 1. The molecule has 3 unspecified atom stereocenters. The van der Waals surface area contributed by atoms with Crippen LogP contribution in [0.3, 0.4) is 0 Å². The smallest absolute Gasteiger partial charge is 0.352 e. The van der Waals surface area contributed by atoms with Crippen molar-refractivity contribution in [3.63, 3.8) is 0 Å². The Morgan fingerprint density at radius 1 is 1.16 bits per heavy atom. The standard InChI is InChI=1S/C24H22BrClN2O3S/c1-13-18(20(29)30)28-21(31)23(22(28)32-19(13)24(26,27-23)14(2)25)17(15-9-5-3-6-10-15)16-11-7-4-8-12-16/h3-12,14,17,19,22,27H,1-2H3,(H,29,30)/t14?,19?,22-,23-,24?/m0/s1. The molecule has 5 nitrogen and oxygen atoms in total. The molecule has 2 aromatic carbocycles. The third-order valence-corrected chi connectivity index (χ3v) is 10.3. The lowest BCUT2D eigenvalue weighted by atomic mass is 9.67. The van der Waals surface area contributed by atoms with Crippen LogP contribution in [-0.2, 0) is 9.59 Å². The van der Waals surface area contributed by atoms with Crippen molar-refractivity contribution in [2.75, 3.05) is 0 Å². The maximum absolute atomic E-state index is 14.0. The third-order valence-electron chi connectivity index (χ3n) is 6.75. The minimum Gasteiger partial charge on any atom is -0.477 e. The predicted octanol–water partition coefficient (Wildman–Crippen LogP) is 4.52. The van der Waals surface area contributed by atoms with Gasteiger partial charge in [0.05, 0.1) is 5.25 Å². The van der Waals surface area contributed by atoms with Crippen molar-refractivity contribution in [2.45, 2.75) is 45.8 Å². The van der Waals surface area contributed by atoms with Gasteiger partial charge in [-0.1, -0.05) is 88.2 Å². The molecule has 166 valence electrons. The first kappa shape index (κ1) is 22.0. The van der Waals surface area contributed by atoms with Crippen LogP contribution in [0.4, 0.5) is 0 Å². The maximum Gasteiger partial charge on any atom is 0.352 e. The Hall–Kier alpha value is -1.80. The predicted molar refractivity (Wildman–Crippen MR) is 130 cm³/mol. The summed E-state index contributed by atoms with van der Waals surface area (Å²) in [6, 6.07) is 19.7. The van der Waals surface area contributed by atoms with E-state index in [1.165, 1.54) is 4.90 Å². The van der Waals surface area contributed by atoms with E-state index in [1.807, 2.05) is 67.6 Å². The largest absolute Gasteiger partial charge is 0.477 e. The van der Waals surface area contributed by atoms with Crippen molar-refractivity contribution in [3.05, 3.63) is 83.1 Å². The zero-order valence-electron chi connectivity index (χ0n) is 17.5. The number of carboxylic acids is 1. The van der Waals surface area contributed by atoms with E-state index >= 15 is 0 Å². The number of rotatable bonds is 5. The summed E-state index contributed by atoms with van der Waals surface area (Å²) in [5.74, 6) is -1.70.